The standard InChI is InChI=1S/C19H23N6O2.3CH3.Sn/c1-12(2)9-21-5-6-25-16(24-17-18(20)22-10-23-19(17)25)8-13-3-4-14-15(7-13)27-11-26-14;;;;/h4,7,10,12,21H,5-6,8-9,11H2,1-2H3,(H2,20,22,23);3*1H3;. The number of ether oxygens (including phenoxy) is 2. The number of fused-ring (bicyclic) bond motifs is 2. The molecule has 3 N–H and O–H groups in total. The molecule has 0 unspecified atom stereocenters. The summed E-state index contributed by atoms with van der Waals surface area (Å²) in [5.41, 5.74) is 8.84. The average molecular weight is 531 g/mol. The minimum atomic E-state index is -2.43. The van der Waals surface area contributed by atoms with Gasteiger partial charge in [-0.1, -0.05) is 0 Å². The van der Waals surface area contributed by atoms with E-state index in [1.807, 2.05) is 0 Å². The Labute approximate surface area is 187 Å². The molecule has 4 rings (SSSR count). The number of nitrogens with two attached hydrogens (primary N) is 1. The Bertz CT molecular complexity index is 1090. The van der Waals surface area contributed by atoms with Gasteiger partial charge in [-0.15, -0.1) is 0 Å². The SMILES string of the molecule is CC(C)CNCCn1c(Cc2cc3c(c[c]2[Sn]([CH3])([CH3])[CH3])OCO3)nc2c(N)ncnc21. The molecule has 1 aliphatic rings. The van der Waals surface area contributed by atoms with Gasteiger partial charge in [-0.3, -0.25) is 0 Å². The number of aromatic nitrogens is 4. The quantitative estimate of drug-likeness (QED) is 0.341. The molecule has 0 saturated carbocycles. The van der Waals surface area contributed by atoms with Gasteiger partial charge < -0.3 is 0 Å². The maximum absolute atomic E-state index is 6.13. The van der Waals surface area contributed by atoms with Gasteiger partial charge in [0.1, 0.15) is 0 Å². The second kappa shape index (κ2) is 8.82. The molecule has 3 aromatic rings. The summed E-state index contributed by atoms with van der Waals surface area (Å²) in [6.07, 6.45) is 2.21. The monoisotopic (exact) mass is 532 g/mol. The molecular weight excluding hydrogens is 499 g/mol. The Hall–Kier alpha value is -2.07. The molecule has 2 aromatic heterocycles. The third-order valence-corrected chi connectivity index (χ3v) is 11.4. The summed E-state index contributed by atoms with van der Waals surface area (Å²) in [5.74, 6) is 3.64. The summed E-state index contributed by atoms with van der Waals surface area (Å²) in [5, 5.41) is 3.51. The van der Waals surface area contributed by atoms with Gasteiger partial charge in [0.05, 0.1) is 0 Å². The van der Waals surface area contributed by atoms with Crippen LogP contribution in [0.3, 0.4) is 0 Å². The molecule has 166 valence electrons. The molecule has 0 spiro atoms. The van der Waals surface area contributed by atoms with Gasteiger partial charge in [0.2, 0.25) is 0 Å². The summed E-state index contributed by atoms with van der Waals surface area (Å²) in [6, 6.07) is 4.33. The average Bonchev–Trinajstić information content (AvgIpc) is 3.29. The van der Waals surface area contributed by atoms with Crippen molar-refractivity contribution in [2.24, 2.45) is 5.92 Å². The molecule has 1 aromatic carbocycles. The fourth-order valence-electron chi connectivity index (χ4n) is 3.95. The van der Waals surface area contributed by atoms with Gasteiger partial charge in [-0.25, -0.2) is 0 Å². The topological polar surface area (TPSA) is 100 Å². The summed E-state index contributed by atoms with van der Waals surface area (Å²) in [4.78, 5) is 20.8. The number of rotatable bonds is 8. The van der Waals surface area contributed by atoms with E-state index >= 15 is 0 Å². The summed E-state index contributed by atoms with van der Waals surface area (Å²) in [6.45, 7) is 7.28. The van der Waals surface area contributed by atoms with Crippen LogP contribution in [-0.4, -0.2) is 57.8 Å². The van der Waals surface area contributed by atoms with Gasteiger partial charge in [0.25, 0.3) is 0 Å². The third kappa shape index (κ3) is 4.74. The first kappa shape index (κ1) is 22.1. The predicted octanol–water partition coefficient (Wildman–Crippen LogP) is 2.52. The van der Waals surface area contributed by atoms with Crippen molar-refractivity contribution in [3.8, 4) is 11.5 Å². The molecule has 0 amide bonds. The second-order valence-electron chi connectivity index (χ2n) is 9.50. The van der Waals surface area contributed by atoms with E-state index < -0.39 is 18.4 Å². The molecule has 3 heterocycles. The number of hydrogen-bond acceptors (Lipinski definition) is 7. The minimum absolute atomic E-state index is 0.282. The normalized spacial score (nSPS) is 13.5. The molecule has 1 aliphatic heterocycles. The Morgan fingerprint density at radius 1 is 1.16 bits per heavy atom. The second-order valence-corrected chi connectivity index (χ2v) is 23.9. The van der Waals surface area contributed by atoms with Crippen LogP contribution in [-0.2, 0) is 13.0 Å². The molecule has 0 bridgehead atoms. The van der Waals surface area contributed by atoms with Crippen molar-refractivity contribution in [3.63, 3.8) is 0 Å². The van der Waals surface area contributed by atoms with Crippen LogP contribution >= 0.6 is 0 Å². The van der Waals surface area contributed by atoms with Crippen LogP contribution in [0, 0.1) is 5.92 Å². The van der Waals surface area contributed by atoms with E-state index in [1.54, 1.807) is 0 Å². The molecule has 0 fully saturated rings. The van der Waals surface area contributed by atoms with Gasteiger partial charge in [0.15, 0.2) is 0 Å². The number of benzene rings is 1. The number of nitrogens with one attached hydrogen (secondary N) is 1. The van der Waals surface area contributed by atoms with Crippen LogP contribution in [0.15, 0.2) is 18.5 Å². The van der Waals surface area contributed by atoms with Crippen LogP contribution in [0.5, 0.6) is 11.5 Å². The molecule has 0 aliphatic carbocycles. The molecule has 0 atom stereocenters. The number of hydrogen-bond donors (Lipinski definition) is 2. The van der Waals surface area contributed by atoms with Crippen molar-refractivity contribution >= 4 is 38.9 Å². The van der Waals surface area contributed by atoms with Crippen molar-refractivity contribution in [1.82, 2.24) is 24.8 Å². The van der Waals surface area contributed by atoms with Gasteiger partial charge in [-0.2, -0.15) is 0 Å². The number of nitrogens with zero attached hydrogens (tertiary/aromatic N) is 4. The molecule has 0 radical (unpaired) electrons. The van der Waals surface area contributed by atoms with Gasteiger partial charge in [0, 0.05) is 0 Å². The van der Waals surface area contributed by atoms with Crippen LogP contribution in [0.2, 0.25) is 14.8 Å². The van der Waals surface area contributed by atoms with E-state index in [1.165, 1.54) is 15.5 Å². The zero-order chi connectivity index (χ0) is 22.2. The van der Waals surface area contributed by atoms with Crippen molar-refractivity contribution in [2.75, 3.05) is 25.6 Å². The Balaban J connectivity index is 1.73. The van der Waals surface area contributed by atoms with E-state index in [2.05, 4.69) is 60.7 Å². The fraction of sp³-hybridized carbons (Fsp3) is 0.500. The van der Waals surface area contributed by atoms with Crippen LogP contribution in [0.4, 0.5) is 5.82 Å². The van der Waals surface area contributed by atoms with Crippen molar-refractivity contribution in [2.45, 2.75) is 41.6 Å². The van der Waals surface area contributed by atoms with E-state index in [9.17, 15) is 0 Å². The number of anilines is 1. The van der Waals surface area contributed by atoms with Crippen LogP contribution in [0.25, 0.3) is 11.2 Å². The third-order valence-electron chi connectivity index (χ3n) is 5.46. The maximum atomic E-state index is 6.13. The molecule has 31 heavy (non-hydrogen) atoms. The van der Waals surface area contributed by atoms with Gasteiger partial charge in [-0.05, 0) is 0 Å². The van der Waals surface area contributed by atoms with Crippen molar-refractivity contribution in [1.29, 1.82) is 0 Å². The Kier molecular flexibility index (Phi) is 6.30. The van der Waals surface area contributed by atoms with Crippen LogP contribution in [0.1, 0.15) is 25.2 Å². The fourth-order valence-corrected chi connectivity index (χ4v) is 8.77. The van der Waals surface area contributed by atoms with E-state index in [-0.39, 0.29) is 6.79 Å². The zero-order valence-electron chi connectivity index (χ0n) is 19.0. The summed E-state index contributed by atoms with van der Waals surface area (Å²) < 4.78 is 14.9. The Morgan fingerprint density at radius 2 is 1.90 bits per heavy atom. The zero-order valence-corrected chi connectivity index (χ0v) is 21.9. The predicted molar refractivity (Wildman–Crippen MR) is 126 cm³/mol. The molecule has 8 nitrogen and oxygen atoms in total. The van der Waals surface area contributed by atoms with Crippen molar-refractivity contribution < 1.29 is 9.47 Å². The van der Waals surface area contributed by atoms with Crippen LogP contribution < -0.4 is 24.1 Å². The molecular formula is C22H32N6O2Sn. The number of nitrogen functional groups attached to an aromatic ring is 1. The number of imidazole rings is 1. The first-order chi connectivity index (χ1) is 14.7. The molecule has 0 saturated heterocycles. The summed E-state index contributed by atoms with van der Waals surface area (Å²) >= 11 is -2.43. The van der Waals surface area contributed by atoms with E-state index in [0.29, 0.717) is 23.7 Å². The first-order valence-electron chi connectivity index (χ1n) is 10.8. The Morgan fingerprint density at radius 3 is 2.61 bits per heavy atom. The van der Waals surface area contributed by atoms with E-state index in [4.69, 9.17) is 20.2 Å². The molecule has 9 heteroatoms. The van der Waals surface area contributed by atoms with Gasteiger partial charge >= 0.3 is 188 Å². The van der Waals surface area contributed by atoms with Crippen molar-refractivity contribution in [3.05, 3.63) is 29.8 Å². The van der Waals surface area contributed by atoms with E-state index in [0.717, 1.165) is 42.6 Å². The first-order valence-corrected chi connectivity index (χ1v) is 20.8. The summed E-state index contributed by atoms with van der Waals surface area (Å²) in [7, 11) is 0.